The molecule has 8 rings (SSSR count). The smallest absolute Gasteiger partial charge is 0.262 e. The lowest BCUT2D eigenvalue weighted by Gasteiger charge is -2.41. The lowest BCUT2D eigenvalue weighted by molar-refractivity contribution is -0.123. The summed E-state index contributed by atoms with van der Waals surface area (Å²) in [5.74, 6) is 4.30. The van der Waals surface area contributed by atoms with Crippen molar-refractivity contribution in [1.82, 2.24) is 10.9 Å². The highest BCUT2D eigenvalue weighted by atomic mass is 79.9. The number of nitrogens with one attached hydrogen (secondary N) is 2. The van der Waals surface area contributed by atoms with Crippen LogP contribution in [0.2, 0.25) is 0 Å². The molecule has 2 atom stereocenters. The molecule has 46 heavy (non-hydrogen) atoms. The Balaban J connectivity index is 0.000000147. The van der Waals surface area contributed by atoms with Gasteiger partial charge in [-0.25, -0.2) is 10.9 Å². The number of hydrogen-bond acceptors (Lipinski definition) is 10. The van der Waals surface area contributed by atoms with Crippen LogP contribution in [0.25, 0.3) is 0 Å². The van der Waals surface area contributed by atoms with Gasteiger partial charge in [0.15, 0.2) is 11.7 Å². The molecule has 2 aromatic carbocycles. The number of amides is 2. The number of nitrogens with zero attached hydrogens (tertiary/aromatic N) is 4. The number of carbonyl (C=O) groups excluding carboxylic acids is 2. The van der Waals surface area contributed by atoms with Gasteiger partial charge >= 0.3 is 0 Å². The Labute approximate surface area is 276 Å². The third kappa shape index (κ3) is 5.41. The molecule has 2 N–H and O–H groups in total. The topological polar surface area (TPSA) is 126 Å². The number of fused-ring (bicyclic) bond motifs is 6. The van der Waals surface area contributed by atoms with Gasteiger partial charge in [0.05, 0.1) is 15.8 Å². The lowest BCUT2D eigenvalue weighted by Crippen LogP contribution is -2.55. The molecule has 0 radical (unpaired) electrons. The maximum atomic E-state index is 12.0. The molecule has 6 aliphatic rings. The maximum Gasteiger partial charge on any atom is 0.262 e. The van der Waals surface area contributed by atoms with Crippen LogP contribution in [-0.2, 0) is 9.59 Å². The van der Waals surface area contributed by atoms with Gasteiger partial charge in [0.25, 0.3) is 11.8 Å². The van der Waals surface area contributed by atoms with E-state index in [0.717, 1.165) is 70.1 Å². The highest BCUT2D eigenvalue weighted by molar-refractivity contribution is 9.10. The number of amidine groups is 2. The van der Waals surface area contributed by atoms with Crippen LogP contribution in [0.4, 0.5) is 11.4 Å². The molecule has 0 saturated heterocycles. The number of hydrogen-bond donors (Lipinski definition) is 2. The molecule has 2 fully saturated rings. The van der Waals surface area contributed by atoms with E-state index in [1.807, 2.05) is 54.8 Å². The fourth-order valence-corrected chi connectivity index (χ4v) is 6.86. The van der Waals surface area contributed by atoms with Crippen LogP contribution in [0.3, 0.4) is 0 Å². The first-order valence-corrected chi connectivity index (χ1v) is 16.7. The van der Waals surface area contributed by atoms with Gasteiger partial charge in [-0.3, -0.25) is 9.59 Å². The van der Waals surface area contributed by atoms with Crippen molar-refractivity contribution >= 4 is 50.8 Å². The van der Waals surface area contributed by atoms with Crippen LogP contribution < -0.4 is 39.6 Å². The number of anilines is 2. The summed E-state index contributed by atoms with van der Waals surface area (Å²) in [4.78, 5) is 27.8. The fourth-order valence-electron chi connectivity index (χ4n) is 6.45. The molecule has 13 heteroatoms. The summed E-state index contributed by atoms with van der Waals surface area (Å²) in [6.45, 7) is 10.7. The summed E-state index contributed by atoms with van der Waals surface area (Å²) < 4.78 is 24.9. The number of benzene rings is 2. The van der Waals surface area contributed by atoms with Gasteiger partial charge in [-0.1, -0.05) is 0 Å². The standard InChI is InChI=1S/C17H21N3O3.C16H18BrN3O3/c1-10-7-14-12(8-13(10)23-17(3)5-4-6-17)20-11(2)16(21)19-18-15(20)9-22-14;1-9-15(21)19-18-14-8-22-13-6-10(17)12(7-11(13)20(9)14)23-16(2)4-3-5-16/h7-8,11H,4-6,9H2,1-3H3,(H,19,21);6-7,9H,3-5,8H2,1-2H3,(H,19,21). The van der Waals surface area contributed by atoms with Crippen LogP contribution in [-0.4, -0.2) is 60.0 Å². The van der Waals surface area contributed by atoms with Crippen LogP contribution in [0, 0.1) is 6.92 Å². The molecule has 4 heterocycles. The molecule has 2 aromatic rings. The van der Waals surface area contributed by atoms with E-state index < -0.39 is 0 Å². The Hall–Kier alpha value is -4.00. The van der Waals surface area contributed by atoms with Crippen molar-refractivity contribution in [2.45, 2.75) is 96.4 Å². The van der Waals surface area contributed by atoms with Crippen molar-refractivity contribution in [2.24, 2.45) is 10.2 Å². The van der Waals surface area contributed by atoms with Gasteiger partial charge in [0.2, 0.25) is 0 Å². The zero-order valence-electron chi connectivity index (χ0n) is 26.7. The first-order valence-electron chi connectivity index (χ1n) is 15.9. The van der Waals surface area contributed by atoms with Gasteiger partial charge in [-0.15, -0.1) is 0 Å². The van der Waals surface area contributed by atoms with Crippen LogP contribution in [0.5, 0.6) is 23.0 Å². The summed E-state index contributed by atoms with van der Waals surface area (Å²) in [6, 6.07) is 7.16. The second-order valence-corrected chi connectivity index (χ2v) is 14.2. The summed E-state index contributed by atoms with van der Waals surface area (Å²) in [7, 11) is 0. The summed E-state index contributed by atoms with van der Waals surface area (Å²) >= 11 is 3.56. The first kappa shape index (κ1) is 30.6. The largest absolute Gasteiger partial charge is 0.487 e. The third-order valence-corrected chi connectivity index (χ3v) is 10.3. The predicted molar refractivity (Wildman–Crippen MR) is 177 cm³/mol. The molecular weight excluding hydrogens is 656 g/mol. The molecule has 0 bridgehead atoms. The third-order valence-electron chi connectivity index (χ3n) is 9.72. The summed E-state index contributed by atoms with van der Waals surface area (Å²) in [5, 5.41) is 8.21. The molecule has 2 aliphatic carbocycles. The highest BCUT2D eigenvalue weighted by Crippen LogP contribution is 2.46. The second kappa shape index (κ2) is 11.4. The minimum atomic E-state index is -0.335. The van der Waals surface area contributed by atoms with E-state index in [-0.39, 0.29) is 35.1 Å². The molecule has 0 aromatic heterocycles. The van der Waals surface area contributed by atoms with E-state index in [1.165, 1.54) is 12.8 Å². The van der Waals surface area contributed by atoms with E-state index >= 15 is 0 Å². The molecule has 2 unspecified atom stereocenters. The molecule has 244 valence electrons. The van der Waals surface area contributed by atoms with Gasteiger partial charge in [-0.2, -0.15) is 10.2 Å². The van der Waals surface area contributed by atoms with Gasteiger partial charge in [-0.05, 0) is 101 Å². The number of hydrazone groups is 2. The summed E-state index contributed by atoms with van der Waals surface area (Å²) in [5.41, 5.74) is 7.61. The molecule has 4 aliphatic heterocycles. The Kier molecular flexibility index (Phi) is 7.57. The van der Waals surface area contributed by atoms with Crippen LogP contribution >= 0.6 is 15.9 Å². The number of ether oxygens (including phenoxy) is 4. The predicted octanol–water partition coefficient (Wildman–Crippen LogP) is 5.15. The first-order chi connectivity index (χ1) is 21.9. The molecule has 0 spiro atoms. The average Bonchev–Trinajstić information content (AvgIpc) is 3.00. The number of aryl methyl sites for hydroxylation is 1. The monoisotopic (exact) mass is 694 g/mol. The van der Waals surface area contributed by atoms with E-state index in [2.05, 4.69) is 50.8 Å². The zero-order valence-corrected chi connectivity index (χ0v) is 28.3. The van der Waals surface area contributed by atoms with Gasteiger partial charge in [0, 0.05) is 18.2 Å². The van der Waals surface area contributed by atoms with Crippen LogP contribution in [0.15, 0.2) is 38.9 Å². The van der Waals surface area contributed by atoms with Gasteiger partial charge in [0.1, 0.15) is 59.5 Å². The Morgan fingerprint density at radius 2 is 1.24 bits per heavy atom. The molecule has 12 nitrogen and oxygen atoms in total. The lowest BCUT2D eigenvalue weighted by atomic mass is 9.82. The zero-order chi connectivity index (χ0) is 32.4. The normalized spacial score (nSPS) is 24.5. The average molecular weight is 696 g/mol. The molecule has 2 amide bonds. The number of rotatable bonds is 4. The SMILES string of the molecule is CC1C(=O)NN=C2COc3cc(Br)c(OC4(C)CCC4)cc3N21.Cc1cc2c(cc1OC1(C)CCC1)N1C(=NNC(=O)C1C)CO2. The minimum Gasteiger partial charge on any atom is -0.487 e. The number of halogens is 1. The van der Waals surface area contributed by atoms with Crippen molar-refractivity contribution in [3.8, 4) is 23.0 Å². The van der Waals surface area contributed by atoms with Crippen molar-refractivity contribution in [1.29, 1.82) is 0 Å². The fraction of sp³-hybridized carbons (Fsp3) is 0.515. The molecular formula is C33H39BrN6O6. The van der Waals surface area contributed by atoms with Gasteiger partial charge < -0.3 is 28.7 Å². The van der Waals surface area contributed by atoms with Crippen molar-refractivity contribution in [3.05, 3.63) is 34.3 Å². The Morgan fingerprint density at radius 3 is 1.72 bits per heavy atom. The Morgan fingerprint density at radius 1 is 0.783 bits per heavy atom. The maximum absolute atomic E-state index is 12.0. The van der Waals surface area contributed by atoms with E-state index in [4.69, 9.17) is 18.9 Å². The second-order valence-electron chi connectivity index (χ2n) is 13.3. The van der Waals surface area contributed by atoms with E-state index in [9.17, 15) is 9.59 Å². The quantitative estimate of drug-likeness (QED) is 0.450. The Bertz CT molecular complexity index is 1550. The van der Waals surface area contributed by atoms with Crippen LogP contribution in [0.1, 0.15) is 71.8 Å². The van der Waals surface area contributed by atoms with Crippen molar-refractivity contribution in [3.63, 3.8) is 0 Å². The van der Waals surface area contributed by atoms with E-state index in [0.29, 0.717) is 24.9 Å². The van der Waals surface area contributed by atoms with Crippen molar-refractivity contribution in [2.75, 3.05) is 23.0 Å². The minimum absolute atomic E-state index is 0.0731. The molecule has 2 saturated carbocycles. The van der Waals surface area contributed by atoms with E-state index in [1.54, 1.807) is 0 Å². The van der Waals surface area contributed by atoms with Crippen molar-refractivity contribution < 1.29 is 28.5 Å². The number of carbonyl (C=O) groups is 2. The highest BCUT2D eigenvalue weighted by Gasteiger charge is 2.40. The summed E-state index contributed by atoms with van der Waals surface area (Å²) in [6.07, 6.45) is 6.68.